The predicted molar refractivity (Wildman–Crippen MR) is 129 cm³/mol. The van der Waals surface area contributed by atoms with Gasteiger partial charge in [-0.3, -0.25) is 0 Å². The fraction of sp³-hybridized carbons (Fsp3) is 0.240. The molecule has 1 unspecified atom stereocenters. The summed E-state index contributed by atoms with van der Waals surface area (Å²) in [5.74, 6) is -0.0949. The van der Waals surface area contributed by atoms with Gasteiger partial charge in [-0.25, -0.2) is 13.2 Å². The van der Waals surface area contributed by atoms with Crippen molar-refractivity contribution < 1.29 is 17.9 Å². The van der Waals surface area contributed by atoms with Gasteiger partial charge in [0.05, 0.1) is 29.9 Å². The molecule has 3 aromatic carbocycles. The van der Waals surface area contributed by atoms with Crippen molar-refractivity contribution in [2.45, 2.75) is 43.8 Å². The van der Waals surface area contributed by atoms with Crippen LogP contribution >= 0.6 is 11.6 Å². The minimum atomic E-state index is -3.52. The molecular weight excluding hydrogens is 460 g/mol. The second kappa shape index (κ2) is 9.55. The maximum Gasteiger partial charge on any atom is 0.319 e. The molecule has 1 aliphatic heterocycles. The predicted octanol–water partition coefficient (Wildman–Crippen LogP) is 5.54. The molecule has 0 saturated heterocycles. The molecule has 2 amide bonds. The van der Waals surface area contributed by atoms with E-state index in [0.29, 0.717) is 23.9 Å². The van der Waals surface area contributed by atoms with Gasteiger partial charge >= 0.3 is 6.03 Å². The van der Waals surface area contributed by atoms with Crippen LogP contribution in [-0.4, -0.2) is 14.4 Å². The Morgan fingerprint density at radius 3 is 2.55 bits per heavy atom. The van der Waals surface area contributed by atoms with Crippen LogP contribution in [0, 0.1) is 6.92 Å². The van der Waals surface area contributed by atoms with Gasteiger partial charge in [0.1, 0.15) is 0 Å². The molecule has 0 fully saturated rings. The van der Waals surface area contributed by atoms with Crippen LogP contribution in [0.25, 0.3) is 0 Å². The van der Waals surface area contributed by atoms with Crippen molar-refractivity contribution in [2.24, 2.45) is 0 Å². The molecule has 0 radical (unpaired) electrons. The summed E-state index contributed by atoms with van der Waals surface area (Å²) in [4.78, 5) is 12.6. The smallest absolute Gasteiger partial charge is 0.319 e. The van der Waals surface area contributed by atoms with Crippen LogP contribution in [0.3, 0.4) is 0 Å². The molecule has 4 rings (SSSR count). The van der Waals surface area contributed by atoms with Gasteiger partial charge in [-0.1, -0.05) is 48.0 Å². The van der Waals surface area contributed by atoms with Crippen LogP contribution in [0.4, 0.5) is 10.5 Å². The average Bonchev–Trinajstić information content (AvgIpc) is 3.23. The van der Waals surface area contributed by atoms with E-state index in [1.807, 2.05) is 50.2 Å². The van der Waals surface area contributed by atoms with E-state index in [1.165, 1.54) is 12.1 Å². The molecule has 172 valence electrons. The fourth-order valence-corrected chi connectivity index (χ4v) is 5.44. The standard InChI is InChI=1S/C25H25ClN2O4S/c1-16-4-3-5-23(24(16)26)17(2)27-25(29)28-21-8-10-22(11-9-21)33(30,31)15-18-6-7-19-13-32-14-20(19)12-18/h3-12,17H,13-15H2,1-2H3,(H2,27,28,29). The lowest BCUT2D eigenvalue weighted by molar-refractivity contribution is 0.134. The summed E-state index contributed by atoms with van der Waals surface area (Å²) in [7, 11) is -3.52. The molecule has 0 aromatic heterocycles. The van der Waals surface area contributed by atoms with Gasteiger partial charge in [-0.05, 0) is 65.9 Å². The number of benzene rings is 3. The maximum atomic E-state index is 12.9. The third-order valence-electron chi connectivity index (χ3n) is 5.65. The number of amides is 2. The topological polar surface area (TPSA) is 84.5 Å². The number of fused-ring (bicyclic) bond motifs is 1. The summed E-state index contributed by atoms with van der Waals surface area (Å²) in [6.45, 7) is 4.84. The SMILES string of the molecule is Cc1cccc(C(C)NC(=O)Nc2ccc(S(=O)(=O)Cc3ccc4c(c3)COC4)cc2)c1Cl. The molecule has 6 nitrogen and oxygen atoms in total. The van der Waals surface area contributed by atoms with E-state index in [1.54, 1.807) is 12.1 Å². The Hall–Kier alpha value is -2.87. The first-order chi connectivity index (χ1) is 15.7. The van der Waals surface area contributed by atoms with Gasteiger partial charge in [0.15, 0.2) is 9.84 Å². The van der Waals surface area contributed by atoms with Crippen LogP contribution < -0.4 is 10.6 Å². The lowest BCUT2D eigenvalue weighted by Gasteiger charge is -2.17. The molecule has 33 heavy (non-hydrogen) atoms. The first-order valence-electron chi connectivity index (χ1n) is 10.6. The minimum Gasteiger partial charge on any atom is -0.372 e. The Labute approximate surface area is 198 Å². The van der Waals surface area contributed by atoms with Gasteiger partial charge in [0, 0.05) is 10.7 Å². The van der Waals surface area contributed by atoms with E-state index < -0.39 is 15.9 Å². The zero-order chi connectivity index (χ0) is 23.6. The average molecular weight is 485 g/mol. The molecule has 0 saturated carbocycles. The highest BCUT2D eigenvalue weighted by atomic mass is 35.5. The molecular formula is C25H25ClN2O4S. The normalized spacial score (nSPS) is 13.9. The van der Waals surface area contributed by atoms with E-state index in [-0.39, 0.29) is 16.7 Å². The molecule has 0 aliphatic carbocycles. The number of ether oxygens (including phenoxy) is 1. The van der Waals surface area contributed by atoms with Gasteiger partial charge < -0.3 is 15.4 Å². The Morgan fingerprint density at radius 2 is 1.79 bits per heavy atom. The van der Waals surface area contributed by atoms with E-state index in [0.717, 1.165) is 27.8 Å². The van der Waals surface area contributed by atoms with Crippen molar-refractivity contribution in [3.63, 3.8) is 0 Å². The Balaban J connectivity index is 1.39. The lowest BCUT2D eigenvalue weighted by atomic mass is 10.1. The highest BCUT2D eigenvalue weighted by molar-refractivity contribution is 7.90. The van der Waals surface area contributed by atoms with E-state index in [9.17, 15) is 13.2 Å². The quantitative estimate of drug-likeness (QED) is 0.481. The number of nitrogens with one attached hydrogen (secondary N) is 2. The Morgan fingerprint density at radius 1 is 1.06 bits per heavy atom. The lowest BCUT2D eigenvalue weighted by Crippen LogP contribution is -2.31. The monoisotopic (exact) mass is 484 g/mol. The number of halogens is 1. The molecule has 1 aliphatic rings. The molecule has 3 aromatic rings. The van der Waals surface area contributed by atoms with Crippen molar-refractivity contribution in [3.05, 3.63) is 93.5 Å². The molecule has 2 N–H and O–H groups in total. The highest BCUT2D eigenvalue weighted by Gasteiger charge is 2.19. The van der Waals surface area contributed by atoms with Crippen molar-refractivity contribution in [1.29, 1.82) is 0 Å². The largest absolute Gasteiger partial charge is 0.372 e. The number of rotatable bonds is 6. The van der Waals surface area contributed by atoms with Crippen molar-refractivity contribution in [3.8, 4) is 0 Å². The molecule has 1 atom stereocenters. The number of anilines is 1. The van der Waals surface area contributed by atoms with E-state index in [4.69, 9.17) is 16.3 Å². The van der Waals surface area contributed by atoms with Crippen molar-refractivity contribution >= 4 is 33.2 Å². The molecule has 1 heterocycles. The van der Waals surface area contributed by atoms with Crippen molar-refractivity contribution in [1.82, 2.24) is 5.32 Å². The number of urea groups is 1. The van der Waals surface area contributed by atoms with Crippen LogP contribution in [0.2, 0.25) is 5.02 Å². The molecule has 8 heteroatoms. The van der Waals surface area contributed by atoms with Crippen LogP contribution in [-0.2, 0) is 33.5 Å². The van der Waals surface area contributed by atoms with Crippen LogP contribution in [0.15, 0.2) is 65.6 Å². The number of carbonyl (C=O) groups is 1. The van der Waals surface area contributed by atoms with Gasteiger partial charge in [0.25, 0.3) is 0 Å². The third kappa shape index (κ3) is 5.38. The summed E-state index contributed by atoms with van der Waals surface area (Å²) in [6.07, 6.45) is 0. The highest BCUT2D eigenvalue weighted by Crippen LogP contribution is 2.26. The van der Waals surface area contributed by atoms with Crippen molar-refractivity contribution in [2.75, 3.05) is 5.32 Å². The Kier molecular flexibility index (Phi) is 6.74. The number of carbonyl (C=O) groups excluding carboxylic acids is 1. The molecule has 0 bridgehead atoms. The van der Waals surface area contributed by atoms with E-state index >= 15 is 0 Å². The second-order valence-electron chi connectivity index (χ2n) is 8.18. The van der Waals surface area contributed by atoms with Gasteiger partial charge in [-0.15, -0.1) is 0 Å². The number of hydrogen-bond donors (Lipinski definition) is 2. The third-order valence-corrected chi connectivity index (χ3v) is 7.87. The fourth-order valence-electron chi connectivity index (χ4n) is 3.81. The Bertz CT molecular complexity index is 1290. The zero-order valence-corrected chi connectivity index (χ0v) is 20.0. The zero-order valence-electron chi connectivity index (χ0n) is 18.4. The number of sulfone groups is 1. The van der Waals surface area contributed by atoms with E-state index in [2.05, 4.69) is 10.6 Å². The molecule has 0 spiro atoms. The maximum absolute atomic E-state index is 12.9. The summed E-state index contributed by atoms with van der Waals surface area (Å²) in [5, 5.41) is 6.20. The number of aryl methyl sites for hydroxylation is 1. The second-order valence-corrected chi connectivity index (χ2v) is 10.5. The summed E-state index contributed by atoms with van der Waals surface area (Å²) in [6, 6.07) is 16.8. The first kappa shape index (κ1) is 23.3. The summed E-state index contributed by atoms with van der Waals surface area (Å²) in [5.41, 5.74) is 5.12. The summed E-state index contributed by atoms with van der Waals surface area (Å²) >= 11 is 6.34. The first-order valence-corrected chi connectivity index (χ1v) is 12.6. The van der Waals surface area contributed by atoms with Crippen LogP contribution in [0.1, 0.15) is 40.8 Å². The van der Waals surface area contributed by atoms with Gasteiger partial charge in [0.2, 0.25) is 0 Å². The number of hydrogen-bond acceptors (Lipinski definition) is 4. The minimum absolute atomic E-state index is 0.0949. The van der Waals surface area contributed by atoms with Gasteiger partial charge in [-0.2, -0.15) is 0 Å². The summed E-state index contributed by atoms with van der Waals surface area (Å²) < 4.78 is 31.1. The van der Waals surface area contributed by atoms with Crippen LogP contribution in [0.5, 0.6) is 0 Å².